The third-order valence-corrected chi connectivity index (χ3v) is 7.34. The van der Waals surface area contributed by atoms with Gasteiger partial charge in [-0.1, -0.05) is 18.2 Å². The zero-order chi connectivity index (χ0) is 19.0. The summed E-state index contributed by atoms with van der Waals surface area (Å²) in [5, 5.41) is 2.99. The second kappa shape index (κ2) is 6.85. The lowest BCUT2D eigenvalue weighted by atomic mass is 9.86. The van der Waals surface area contributed by atoms with Crippen LogP contribution >= 0.6 is 0 Å². The molecule has 144 valence electrons. The van der Waals surface area contributed by atoms with E-state index in [1.54, 1.807) is 28.6 Å². The van der Waals surface area contributed by atoms with E-state index >= 15 is 0 Å². The standard InChI is InChI=1S/C19H29N3O3S/c1-18(2,3)20-17(23)21-14-11-19(12-15-21)10-7-13-22(19)26(24,25)16-8-5-4-6-9-16/h4-6,8-9H,7,10-15H2,1-3H3,(H,20,23). The molecule has 6 nitrogen and oxygen atoms in total. The molecule has 3 rings (SSSR count). The molecule has 0 atom stereocenters. The molecule has 1 aromatic rings. The van der Waals surface area contributed by atoms with Crippen LogP contribution in [0.2, 0.25) is 0 Å². The SMILES string of the molecule is CC(C)(C)NC(=O)N1CCC2(CCCN2S(=O)(=O)c2ccccc2)CC1. The van der Waals surface area contributed by atoms with Gasteiger partial charge >= 0.3 is 6.03 Å². The van der Waals surface area contributed by atoms with Crippen molar-refractivity contribution >= 4 is 16.1 Å². The quantitative estimate of drug-likeness (QED) is 0.859. The lowest BCUT2D eigenvalue weighted by Crippen LogP contribution is -2.57. The summed E-state index contributed by atoms with van der Waals surface area (Å²) in [5.41, 5.74) is -0.630. The van der Waals surface area contributed by atoms with Crippen LogP contribution in [-0.2, 0) is 10.0 Å². The highest BCUT2D eigenvalue weighted by Gasteiger charge is 2.49. The van der Waals surface area contributed by atoms with Gasteiger partial charge in [0.15, 0.2) is 0 Å². The maximum Gasteiger partial charge on any atom is 0.317 e. The minimum absolute atomic E-state index is 0.0668. The minimum atomic E-state index is -3.50. The molecule has 2 heterocycles. The average molecular weight is 380 g/mol. The summed E-state index contributed by atoms with van der Waals surface area (Å²) in [6.07, 6.45) is 3.13. The van der Waals surface area contributed by atoms with E-state index in [4.69, 9.17) is 0 Å². The number of hydrogen-bond acceptors (Lipinski definition) is 3. The van der Waals surface area contributed by atoms with Crippen LogP contribution in [0.1, 0.15) is 46.5 Å². The van der Waals surface area contributed by atoms with Gasteiger partial charge in [0.05, 0.1) is 4.90 Å². The molecule has 0 radical (unpaired) electrons. The van der Waals surface area contributed by atoms with E-state index in [1.807, 2.05) is 31.7 Å². The fraction of sp³-hybridized carbons (Fsp3) is 0.632. The Labute approximate surface area is 156 Å². The fourth-order valence-corrected chi connectivity index (χ4v) is 5.94. The number of rotatable bonds is 2. The third-order valence-electron chi connectivity index (χ3n) is 5.33. The topological polar surface area (TPSA) is 69.7 Å². The van der Waals surface area contributed by atoms with E-state index in [-0.39, 0.29) is 17.1 Å². The van der Waals surface area contributed by atoms with Gasteiger partial charge in [-0.3, -0.25) is 0 Å². The largest absolute Gasteiger partial charge is 0.333 e. The molecule has 26 heavy (non-hydrogen) atoms. The zero-order valence-corrected chi connectivity index (χ0v) is 16.7. The first kappa shape index (κ1) is 19.2. The molecule has 0 bridgehead atoms. The second-order valence-corrected chi connectivity index (χ2v) is 10.2. The Bertz CT molecular complexity index is 748. The number of benzene rings is 1. The highest BCUT2D eigenvalue weighted by Crippen LogP contribution is 2.41. The molecule has 2 saturated heterocycles. The van der Waals surface area contributed by atoms with E-state index in [1.165, 1.54) is 0 Å². The van der Waals surface area contributed by atoms with Crippen LogP contribution < -0.4 is 5.32 Å². The summed E-state index contributed by atoms with van der Waals surface area (Å²) in [6, 6.07) is 8.60. The van der Waals surface area contributed by atoms with E-state index in [2.05, 4.69) is 5.32 Å². The van der Waals surface area contributed by atoms with Crippen molar-refractivity contribution < 1.29 is 13.2 Å². The smallest absolute Gasteiger partial charge is 0.317 e. The summed E-state index contributed by atoms with van der Waals surface area (Å²) in [7, 11) is -3.50. The number of amides is 2. The van der Waals surface area contributed by atoms with Crippen molar-refractivity contribution in [1.29, 1.82) is 0 Å². The second-order valence-electron chi connectivity index (χ2n) is 8.39. The first-order chi connectivity index (χ1) is 12.1. The van der Waals surface area contributed by atoms with Gasteiger partial charge in [0, 0.05) is 30.7 Å². The van der Waals surface area contributed by atoms with E-state index in [9.17, 15) is 13.2 Å². The number of nitrogens with one attached hydrogen (secondary N) is 1. The summed E-state index contributed by atoms with van der Waals surface area (Å²) in [6.45, 7) is 7.61. The van der Waals surface area contributed by atoms with Gasteiger partial charge in [0.1, 0.15) is 0 Å². The highest BCUT2D eigenvalue weighted by molar-refractivity contribution is 7.89. The molecule has 2 aliphatic heterocycles. The number of urea groups is 1. The molecule has 0 aromatic heterocycles. The molecule has 2 fully saturated rings. The van der Waals surface area contributed by atoms with Gasteiger partial charge in [0.2, 0.25) is 10.0 Å². The Balaban J connectivity index is 1.74. The van der Waals surface area contributed by atoms with Gasteiger partial charge < -0.3 is 10.2 Å². The van der Waals surface area contributed by atoms with Gasteiger partial charge in [-0.15, -0.1) is 0 Å². The predicted octanol–water partition coefficient (Wildman–Crippen LogP) is 2.81. The number of nitrogens with zero attached hydrogens (tertiary/aromatic N) is 2. The normalized spacial score (nSPS) is 21.1. The third kappa shape index (κ3) is 3.74. The highest BCUT2D eigenvalue weighted by atomic mass is 32.2. The summed E-state index contributed by atoms with van der Waals surface area (Å²) < 4.78 is 28.0. The maximum atomic E-state index is 13.1. The maximum absolute atomic E-state index is 13.1. The van der Waals surface area contributed by atoms with Crippen LogP contribution in [0.25, 0.3) is 0 Å². The number of likely N-dealkylation sites (tertiary alicyclic amines) is 1. The Hall–Kier alpha value is -1.60. The van der Waals surface area contributed by atoms with Crippen LogP contribution in [0, 0.1) is 0 Å². The Morgan fingerprint density at radius 3 is 2.23 bits per heavy atom. The molecule has 2 aliphatic rings. The van der Waals surface area contributed by atoms with Gasteiger partial charge in [-0.25, -0.2) is 13.2 Å². The average Bonchev–Trinajstić information content (AvgIpc) is 2.98. The Kier molecular flexibility index (Phi) is 5.05. The van der Waals surface area contributed by atoms with Crippen LogP contribution in [0.5, 0.6) is 0 Å². The minimum Gasteiger partial charge on any atom is -0.333 e. The number of hydrogen-bond donors (Lipinski definition) is 1. The molecular formula is C19H29N3O3S. The molecule has 0 aliphatic carbocycles. The summed E-state index contributed by atoms with van der Waals surface area (Å²) in [4.78, 5) is 14.6. The first-order valence-electron chi connectivity index (χ1n) is 9.29. The monoisotopic (exact) mass is 379 g/mol. The van der Waals surface area contributed by atoms with Crippen LogP contribution in [0.15, 0.2) is 35.2 Å². The lowest BCUT2D eigenvalue weighted by molar-refractivity contribution is 0.111. The van der Waals surface area contributed by atoms with Crippen molar-refractivity contribution in [1.82, 2.24) is 14.5 Å². The lowest BCUT2D eigenvalue weighted by Gasteiger charge is -2.44. The van der Waals surface area contributed by atoms with Crippen molar-refractivity contribution in [3.63, 3.8) is 0 Å². The molecule has 2 amide bonds. The molecular weight excluding hydrogens is 350 g/mol. The molecule has 1 aromatic carbocycles. The fourth-order valence-electron chi connectivity index (χ4n) is 4.03. The predicted molar refractivity (Wildman–Crippen MR) is 101 cm³/mol. The summed E-state index contributed by atoms with van der Waals surface area (Å²) in [5.74, 6) is 0. The van der Waals surface area contributed by atoms with Crippen LogP contribution in [0.3, 0.4) is 0 Å². The van der Waals surface area contributed by atoms with Gasteiger partial charge in [-0.05, 0) is 58.6 Å². The molecule has 1 spiro atoms. The first-order valence-corrected chi connectivity index (χ1v) is 10.7. The summed E-state index contributed by atoms with van der Waals surface area (Å²) >= 11 is 0. The molecule has 0 unspecified atom stereocenters. The number of carbonyl (C=O) groups excluding carboxylic acids is 1. The number of sulfonamides is 1. The Morgan fingerprint density at radius 2 is 1.65 bits per heavy atom. The van der Waals surface area contributed by atoms with E-state index < -0.39 is 10.0 Å². The Morgan fingerprint density at radius 1 is 1.04 bits per heavy atom. The van der Waals surface area contributed by atoms with Crippen molar-refractivity contribution in [2.45, 2.75) is 62.4 Å². The van der Waals surface area contributed by atoms with Gasteiger partial charge in [-0.2, -0.15) is 4.31 Å². The van der Waals surface area contributed by atoms with Crippen molar-refractivity contribution in [3.05, 3.63) is 30.3 Å². The molecule has 7 heteroatoms. The van der Waals surface area contributed by atoms with Gasteiger partial charge in [0.25, 0.3) is 0 Å². The molecule has 0 saturated carbocycles. The van der Waals surface area contributed by atoms with Crippen molar-refractivity contribution in [2.75, 3.05) is 19.6 Å². The van der Waals surface area contributed by atoms with Crippen molar-refractivity contribution in [2.24, 2.45) is 0 Å². The van der Waals surface area contributed by atoms with E-state index in [0.29, 0.717) is 37.4 Å². The van der Waals surface area contributed by atoms with Crippen molar-refractivity contribution in [3.8, 4) is 0 Å². The van der Waals surface area contributed by atoms with E-state index in [0.717, 1.165) is 12.8 Å². The van der Waals surface area contributed by atoms with Crippen LogP contribution in [-0.4, -0.2) is 54.4 Å². The zero-order valence-electron chi connectivity index (χ0n) is 15.9. The molecule has 1 N–H and O–H groups in total. The number of carbonyl (C=O) groups is 1. The van der Waals surface area contributed by atoms with Crippen LogP contribution in [0.4, 0.5) is 4.79 Å². The number of piperidine rings is 1.